The van der Waals surface area contributed by atoms with Crippen molar-refractivity contribution in [1.82, 2.24) is 14.5 Å². The van der Waals surface area contributed by atoms with Gasteiger partial charge in [0.15, 0.2) is 23.0 Å². The highest BCUT2D eigenvalue weighted by molar-refractivity contribution is 5.85. The zero-order valence-electron chi connectivity index (χ0n) is 17.7. The number of nitrogens with zero attached hydrogens (tertiary/aromatic N) is 3. The molecule has 0 unspecified atom stereocenters. The van der Waals surface area contributed by atoms with Crippen LogP contribution in [0.3, 0.4) is 0 Å². The Kier molecular flexibility index (Phi) is 7.59. The van der Waals surface area contributed by atoms with E-state index >= 15 is 0 Å². The van der Waals surface area contributed by atoms with Crippen molar-refractivity contribution in [2.75, 3.05) is 42.5 Å². The van der Waals surface area contributed by atoms with Crippen molar-refractivity contribution in [3.8, 4) is 23.0 Å². The molecule has 0 aliphatic carbocycles. The van der Waals surface area contributed by atoms with Crippen LogP contribution in [0.25, 0.3) is 11.0 Å². The molecule has 0 saturated heterocycles. The Hall–Kier alpha value is -2.64. The van der Waals surface area contributed by atoms with Gasteiger partial charge in [0, 0.05) is 18.7 Å². The zero-order valence-corrected chi connectivity index (χ0v) is 18.5. The van der Waals surface area contributed by atoms with Gasteiger partial charge in [-0.25, -0.2) is 4.98 Å². The lowest BCUT2D eigenvalue weighted by atomic mass is 10.2. The Morgan fingerprint density at radius 3 is 2.00 bits per heavy atom. The van der Waals surface area contributed by atoms with E-state index in [0.717, 1.165) is 22.4 Å². The summed E-state index contributed by atoms with van der Waals surface area (Å²) in [6.07, 6.45) is 0. The molecule has 0 N–H and O–H groups in total. The SMILES string of the molecule is COc1ccc(Cn2c(CN(C)C)nc3cc(OC)c(OC)cc32)cc1OC.Cl. The molecule has 0 bridgehead atoms. The van der Waals surface area contributed by atoms with Crippen LogP contribution < -0.4 is 18.9 Å². The molecule has 0 aliphatic rings. The van der Waals surface area contributed by atoms with E-state index in [4.69, 9.17) is 23.9 Å². The van der Waals surface area contributed by atoms with Crippen LogP contribution in [0.2, 0.25) is 0 Å². The van der Waals surface area contributed by atoms with Gasteiger partial charge in [-0.05, 0) is 31.8 Å². The maximum Gasteiger partial charge on any atom is 0.163 e. The van der Waals surface area contributed by atoms with Crippen molar-refractivity contribution in [2.24, 2.45) is 0 Å². The number of rotatable bonds is 8. The van der Waals surface area contributed by atoms with Gasteiger partial charge in [-0.2, -0.15) is 0 Å². The Morgan fingerprint density at radius 1 is 0.828 bits per heavy atom. The van der Waals surface area contributed by atoms with Gasteiger partial charge in [0.2, 0.25) is 0 Å². The highest BCUT2D eigenvalue weighted by Crippen LogP contribution is 2.34. The first kappa shape index (κ1) is 22.6. The summed E-state index contributed by atoms with van der Waals surface area (Å²) in [4.78, 5) is 6.94. The van der Waals surface area contributed by atoms with Crippen molar-refractivity contribution in [3.63, 3.8) is 0 Å². The zero-order chi connectivity index (χ0) is 20.3. The molecule has 0 radical (unpaired) electrons. The number of imidazole rings is 1. The summed E-state index contributed by atoms with van der Waals surface area (Å²) in [6, 6.07) is 9.83. The second-order valence-electron chi connectivity index (χ2n) is 6.74. The molecule has 0 spiro atoms. The average Bonchev–Trinajstić information content (AvgIpc) is 3.01. The van der Waals surface area contributed by atoms with Crippen molar-refractivity contribution < 1.29 is 18.9 Å². The molecule has 29 heavy (non-hydrogen) atoms. The van der Waals surface area contributed by atoms with E-state index in [1.807, 2.05) is 44.4 Å². The number of ether oxygens (including phenoxy) is 4. The lowest BCUT2D eigenvalue weighted by Gasteiger charge is -2.15. The van der Waals surface area contributed by atoms with Gasteiger partial charge < -0.3 is 28.4 Å². The maximum absolute atomic E-state index is 5.49. The van der Waals surface area contributed by atoms with Crippen LogP contribution >= 0.6 is 12.4 Å². The van der Waals surface area contributed by atoms with Crippen molar-refractivity contribution in [1.29, 1.82) is 0 Å². The standard InChI is InChI=1S/C21H27N3O4.ClH/c1-23(2)13-21-22-15-10-19(27-5)20(28-6)11-16(15)24(21)12-14-7-8-17(25-3)18(9-14)26-4;/h7-11H,12-13H2,1-6H3;1H. The fourth-order valence-electron chi connectivity index (χ4n) is 3.24. The smallest absolute Gasteiger partial charge is 0.163 e. The van der Waals surface area contributed by atoms with Crippen LogP contribution in [0.1, 0.15) is 11.4 Å². The van der Waals surface area contributed by atoms with E-state index in [9.17, 15) is 0 Å². The largest absolute Gasteiger partial charge is 0.493 e. The third kappa shape index (κ3) is 4.68. The minimum absolute atomic E-state index is 0. The first-order valence-electron chi connectivity index (χ1n) is 8.97. The molecule has 0 atom stereocenters. The monoisotopic (exact) mass is 421 g/mol. The molecular formula is C21H28ClN3O4. The number of aromatic nitrogens is 2. The molecule has 0 fully saturated rings. The number of halogens is 1. The second kappa shape index (κ2) is 9.71. The van der Waals surface area contributed by atoms with Crippen LogP contribution in [0.5, 0.6) is 23.0 Å². The minimum Gasteiger partial charge on any atom is -0.493 e. The lowest BCUT2D eigenvalue weighted by molar-refractivity contribution is 0.354. The molecule has 8 heteroatoms. The maximum atomic E-state index is 5.49. The second-order valence-corrected chi connectivity index (χ2v) is 6.74. The summed E-state index contributed by atoms with van der Waals surface area (Å²) in [5.74, 6) is 3.73. The minimum atomic E-state index is 0. The third-order valence-corrected chi connectivity index (χ3v) is 4.58. The van der Waals surface area contributed by atoms with Crippen molar-refractivity contribution in [3.05, 3.63) is 41.7 Å². The van der Waals surface area contributed by atoms with Crippen LogP contribution in [0.4, 0.5) is 0 Å². The van der Waals surface area contributed by atoms with Gasteiger partial charge in [0.05, 0.1) is 46.0 Å². The van der Waals surface area contributed by atoms with E-state index in [1.165, 1.54) is 0 Å². The average molecular weight is 422 g/mol. The van der Waals surface area contributed by atoms with Crippen LogP contribution in [0, 0.1) is 0 Å². The van der Waals surface area contributed by atoms with Crippen LogP contribution in [-0.2, 0) is 13.1 Å². The lowest BCUT2D eigenvalue weighted by Crippen LogP contribution is -2.16. The molecule has 158 valence electrons. The summed E-state index contributed by atoms with van der Waals surface area (Å²) in [5.41, 5.74) is 2.95. The third-order valence-electron chi connectivity index (χ3n) is 4.58. The predicted molar refractivity (Wildman–Crippen MR) is 116 cm³/mol. The van der Waals surface area contributed by atoms with E-state index in [1.54, 1.807) is 28.4 Å². The summed E-state index contributed by atoms with van der Waals surface area (Å²) in [7, 11) is 10.6. The molecule has 1 heterocycles. The van der Waals surface area contributed by atoms with Gasteiger partial charge >= 0.3 is 0 Å². The topological polar surface area (TPSA) is 58.0 Å². The highest BCUT2D eigenvalue weighted by Gasteiger charge is 2.16. The van der Waals surface area contributed by atoms with Gasteiger partial charge in [-0.3, -0.25) is 0 Å². The molecule has 0 aliphatic heterocycles. The van der Waals surface area contributed by atoms with Gasteiger partial charge in [0.1, 0.15) is 5.82 Å². The molecule has 3 aromatic rings. The summed E-state index contributed by atoms with van der Waals surface area (Å²) >= 11 is 0. The predicted octanol–water partition coefficient (Wildman–Crippen LogP) is 3.60. The van der Waals surface area contributed by atoms with Gasteiger partial charge in [0.25, 0.3) is 0 Å². The Balaban J connectivity index is 0.00000300. The van der Waals surface area contributed by atoms with E-state index < -0.39 is 0 Å². The van der Waals surface area contributed by atoms with Crippen molar-refractivity contribution >= 4 is 23.4 Å². The fraction of sp³-hybridized carbons (Fsp3) is 0.381. The number of fused-ring (bicyclic) bond motifs is 1. The number of hydrogen-bond donors (Lipinski definition) is 0. The summed E-state index contributed by atoms with van der Waals surface area (Å²) < 4.78 is 23.9. The summed E-state index contributed by atoms with van der Waals surface area (Å²) in [6.45, 7) is 1.36. The summed E-state index contributed by atoms with van der Waals surface area (Å²) in [5, 5.41) is 0. The fourth-order valence-corrected chi connectivity index (χ4v) is 3.24. The molecule has 3 rings (SSSR count). The van der Waals surface area contributed by atoms with Crippen LogP contribution in [-0.4, -0.2) is 57.0 Å². The molecular weight excluding hydrogens is 394 g/mol. The van der Waals surface area contributed by atoms with E-state index in [2.05, 4.69) is 9.47 Å². The molecule has 7 nitrogen and oxygen atoms in total. The Bertz CT molecular complexity index is 972. The molecule has 1 aromatic heterocycles. The van der Waals surface area contributed by atoms with Crippen molar-refractivity contribution in [2.45, 2.75) is 13.1 Å². The Labute approximate surface area is 177 Å². The molecule has 0 amide bonds. The Morgan fingerprint density at radius 2 is 1.41 bits per heavy atom. The van der Waals surface area contributed by atoms with Gasteiger partial charge in [-0.1, -0.05) is 6.07 Å². The van der Waals surface area contributed by atoms with E-state index in [-0.39, 0.29) is 12.4 Å². The quantitative estimate of drug-likeness (QED) is 0.554. The highest BCUT2D eigenvalue weighted by atomic mass is 35.5. The van der Waals surface area contributed by atoms with Gasteiger partial charge in [-0.15, -0.1) is 12.4 Å². The van der Waals surface area contributed by atoms with E-state index in [0.29, 0.717) is 36.1 Å². The number of hydrogen-bond acceptors (Lipinski definition) is 6. The molecule has 0 saturated carbocycles. The number of benzene rings is 2. The molecule has 2 aromatic carbocycles. The first-order chi connectivity index (χ1) is 13.5. The normalized spacial score (nSPS) is 10.7. The number of methoxy groups -OCH3 is 4. The van der Waals surface area contributed by atoms with Crippen LogP contribution in [0.15, 0.2) is 30.3 Å². The first-order valence-corrected chi connectivity index (χ1v) is 8.97.